The first-order valence-electron chi connectivity index (χ1n) is 6.88. The van der Waals surface area contributed by atoms with Crippen molar-refractivity contribution in [2.24, 2.45) is 0 Å². The van der Waals surface area contributed by atoms with Crippen molar-refractivity contribution >= 4 is 23.6 Å². The first-order chi connectivity index (χ1) is 11.0. The van der Waals surface area contributed by atoms with E-state index in [1.54, 1.807) is 18.2 Å². The van der Waals surface area contributed by atoms with E-state index in [0.717, 1.165) is 5.56 Å². The predicted molar refractivity (Wildman–Crippen MR) is 82.3 cm³/mol. The van der Waals surface area contributed by atoms with E-state index < -0.39 is 23.3 Å². The summed E-state index contributed by atoms with van der Waals surface area (Å²) >= 11 is 1.36. The number of carboxylic acid groups (broad SMARTS) is 1. The summed E-state index contributed by atoms with van der Waals surface area (Å²) in [7, 11) is 4.43. The van der Waals surface area contributed by atoms with Gasteiger partial charge in [0.2, 0.25) is 5.91 Å². The highest BCUT2D eigenvalue weighted by atomic mass is 32.2. The first kappa shape index (κ1) is 17.4. The van der Waals surface area contributed by atoms with Crippen LogP contribution in [0.25, 0.3) is 0 Å². The number of rotatable bonds is 6. The number of benzene rings is 1. The van der Waals surface area contributed by atoms with Gasteiger partial charge in [0.05, 0.1) is 26.2 Å². The Kier molecular flexibility index (Phi) is 5.73. The zero-order chi connectivity index (χ0) is 17.0. The van der Waals surface area contributed by atoms with Gasteiger partial charge in [-0.15, -0.1) is 11.8 Å². The van der Waals surface area contributed by atoms with Gasteiger partial charge in [0.15, 0.2) is 11.5 Å². The van der Waals surface area contributed by atoms with Gasteiger partial charge in [-0.05, 0) is 17.7 Å². The minimum absolute atomic E-state index is 0.186. The number of hydrogen-bond donors (Lipinski definition) is 0. The molecule has 1 amide bonds. The molecular formula is C15H18NO6S-. The predicted octanol–water partition coefficient (Wildman–Crippen LogP) is 0.0427. The van der Waals surface area contributed by atoms with E-state index in [0.29, 0.717) is 11.5 Å². The number of carbonyl (C=O) groups is 2. The number of carboxylic acids is 1. The average molecular weight is 340 g/mol. The summed E-state index contributed by atoms with van der Waals surface area (Å²) in [5.41, 5.74) is 0.751. The Labute approximate surface area is 138 Å². The minimum Gasteiger partial charge on any atom is -0.548 e. The van der Waals surface area contributed by atoms with E-state index in [-0.39, 0.29) is 12.4 Å². The summed E-state index contributed by atoms with van der Waals surface area (Å²) in [4.78, 5) is 24.9. The maximum atomic E-state index is 12.3. The Morgan fingerprint density at radius 3 is 2.52 bits per heavy atom. The lowest BCUT2D eigenvalue weighted by atomic mass is 10.1. The van der Waals surface area contributed by atoms with E-state index >= 15 is 0 Å². The van der Waals surface area contributed by atoms with Gasteiger partial charge in [0.25, 0.3) is 0 Å². The number of amides is 1. The molecule has 0 aliphatic carbocycles. The van der Waals surface area contributed by atoms with Crippen LogP contribution in [0, 0.1) is 0 Å². The van der Waals surface area contributed by atoms with Gasteiger partial charge in [0, 0.05) is 12.9 Å². The molecule has 0 aromatic heterocycles. The smallest absolute Gasteiger partial charge is 0.250 e. The molecule has 1 aliphatic heterocycles. The summed E-state index contributed by atoms with van der Waals surface area (Å²) < 4.78 is 15.3. The van der Waals surface area contributed by atoms with Crippen molar-refractivity contribution < 1.29 is 28.9 Å². The second-order valence-corrected chi connectivity index (χ2v) is 5.98. The highest BCUT2D eigenvalue weighted by molar-refractivity contribution is 7.99. The van der Waals surface area contributed by atoms with Crippen LogP contribution in [0.2, 0.25) is 0 Å². The van der Waals surface area contributed by atoms with Crippen molar-refractivity contribution in [3.63, 3.8) is 0 Å². The topological polar surface area (TPSA) is 88.1 Å². The number of aliphatic carboxylic acids is 1. The Bertz CT molecular complexity index is 593. The molecule has 1 heterocycles. The standard InChI is InChI=1S/C15H19NO6S/c1-20-7-13(17)16-10(15(18)19)8-23-14(16)9-4-5-11(21-2)12(6-9)22-3/h4-6,10,14H,7-8H2,1-3H3,(H,18,19)/p-1/t10-,14+/m0/s1. The second kappa shape index (κ2) is 7.56. The van der Waals surface area contributed by atoms with Gasteiger partial charge in [-0.1, -0.05) is 6.07 Å². The second-order valence-electron chi connectivity index (χ2n) is 4.87. The van der Waals surface area contributed by atoms with Gasteiger partial charge in [-0.25, -0.2) is 0 Å². The molecule has 8 heteroatoms. The molecule has 126 valence electrons. The summed E-state index contributed by atoms with van der Waals surface area (Å²) in [5.74, 6) is -0.333. The molecule has 1 aromatic rings. The third kappa shape index (κ3) is 3.53. The molecule has 0 spiro atoms. The lowest BCUT2D eigenvalue weighted by molar-refractivity contribution is -0.310. The van der Waals surface area contributed by atoms with Crippen LogP contribution in [0.5, 0.6) is 11.5 Å². The molecule has 2 rings (SSSR count). The minimum atomic E-state index is -1.27. The first-order valence-corrected chi connectivity index (χ1v) is 7.92. The van der Waals surface area contributed by atoms with Gasteiger partial charge in [0.1, 0.15) is 12.0 Å². The maximum Gasteiger partial charge on any atom is 0.250 e. The Morgan fingerprint density at radius 1 is 1.26 bits per heavy atom. The molecule has 1 fully saturated rings. The molecule has 0 bridgehead atoms. The number of ether oxygens (including phenoxy) is 3. The largest absolute Gasteiger partial charge is 0.548 e. The fourth-order valence-corrected chi connectivity index (χ4v) is 3.88. The Balaban J connectivity index is 2.36. The maximum absolute atomic E-state index is 12.3. The fraction of sp³-hybridized carbons (Fsp3) is 0.467. The van der Waals surface area contributed by atoms with Gasteiger partial charge < -0.3 is 29.0 Å². The van der Waals surface area contributed by atoms with Crippen molar-refractivity contribution in [2.75, 3.05) is 33.7 Å². The SMILES string of the molecule is COCC(=O)N1[C@@H](c2ccc(OC)c(OC)c2)SC[C@H]1C(=O)[O-]. The zero-order valence-corrected chi connectivity index (χ0v) is 13.9. The fourth-order valence-electron chi connectivity index (χ4n) is 2.45. The van der Waals surface area contributed by atoms with Crippen molar-refractivity contribution in [3.8, 4) is 11.5 Å². The quantitative estimate of drug-likeness (QED) is 0.722. The van der Waals surface area contributed by atoms with E-state index in [2.05, 4.69) is 0 Å². The molecule has 0 radical (unpaired) electrons. The van der Waals surface area contributed by atoms with Gasteiger partial charge in [-0.2, -0.15) is 0 Å². The summed E-state index contributed by atoms with van der Waals surface area (Å²) in [6, 6.07) is 4.26. The van der Waals surface area contributed by atoms with E-state index in [1.807, 2.05) is 0 Å². The summed E-state index contributed by atoms with van der Waals surface area (Å²) in [5, 5.41) is 10.9. The van der Waals surface area contributed by atoms with Crippen LogP contribution < -0.4 is 14.6 Å². The highest BCUT2D eigenvalue weighted by Gasteiger charge is 2.39. The highest BCUT2D eigenvalue weighted by Crippen LogP contribution is 2.43. The van der Waals surface area contributed by atoms with Crippen molar-refractivity contribution in [2.45, 2.75) is 11.4 Å². The number of nitrogens with zero attached hydrogens (tertiary/aromatic N) is 1. The Hall–Kier alpha value is -1.93. The van der Waals surface area contributed by atoms with Crippen molar-refractivity contribution in [3.05, 3.63) is 23.8 Å². The van der Waals surface area contributed by atoms with E-state index in [4.69, 9.17) is 14.2 Å². The number of hydrogen-bond acceptors (Lipinski definition) is 7. The lowest BCUT2D eigenvalue weighted by Gasteiger charge is -2.30. The summed E-state index contributed by atoms with van der Waals surface area (Å²) in [6.07, 6.45) is 0. The van der Waals surface area contributed by atoms with Gasteiger partial charge >= 0.3 is 0 Å². The normalized spacial score (nSPS) is 20.4. The van der Waals surface area contributed by atoms with Crippen LogP contribution in [0.4, 0.5) is 0 Å². The molecule has 23 heavy (non-hydrogen) atoms. The molecule has 0 saturated carbocycles. The molecule has 2 atom stereocenters. The van der Waals surface area contributed by atoms with Crippen LogP contribution in [0.1, 0.15) is 10.9 Å². The molecular weight excluding hydrogens is 322 g/mol. The molecule has 1 aromatic carbocycles. The monoisotopic (exact) mass is 340 g/mol. The lowest BCUT2D eigenvalue weighted by Crippen LogP contribution is -2.49. The molecule has 0 N–H and O–H groups in total. The number of carbonyl (C=O) groups excluding carboxylic acids is 2. The van der Waals surface area contributed by atoms with Crippen LogP contribution >= 0.6 is 11.8 Å². The van der Waals surface area contributed by atoms with Gasteiger partial charge in [-0.3, -0.25) is 4.79 Å². The third-order valence-electron chi connectivity index (χ3n) is 3.52. The zero-order valence-electron chi connectivity index (χ0n) is 13.1. The van der Waals surface area contributed by atoms with E-state index in [9.17, 15) is 14.7 Å². The van der Waals surface area contributed by atoms with Crippen molar-refractivity contribution in [1.82, 2.24) is 4.90 Å². The van der Waals surface area contributed by atoms with Crippen LogP contribution in [-0.4, -0.2) is 56.5 Å². The molecule has 1 aliphatic rings. The van der Waals surface area contributed by atoms with E-state index in [1.165, 1.54) is 38.0 Å². The average Bonchev–Trinajstić information content (AvgIpc) is 2.99. The van der Waals surface area contributed by atoms with Crippen LogP contribution in [0.15, 0.2) is 18.2 Å². The third-order valence-corrected chi connectivity index (χ3v) is 4.84. The van der Waals surface area contributed by atoms with Crippen LogP contribution in [-0.2, 0) is 14.3 Å². The molecule has 1 saturated heterocycles. The number of methoxy groups -OCH3 is 3. The molecule has 7 nitrogen and oxygen atoms in total. The van der Waals surface area contributed by atoms with Crippen molar-refractivity contribution in [1.29, 1.82) is 0 Å². The number of thioether (sulfide) groups is 1. The van der Waals surface area contributed by atoms with Crippen LogP contribution in [0.3, 0.4) is 0 Å². The Morgan fingerprint density at radius 2 is 1.96 bits per heavy atom. The summed E-state index contributed by atoms with van der Waals surface area (Å²) in [6.45, 7) is -0.186. The molecule has 0 unspecified atom stereocenters.